The lowest BCUT2D eigenvalue weighted by Crippen LogP contribution is -2.24. The third-order valence-electron chi connectivity index (χ3n) is 2.55. The summed E-state index contributed by atoms with van der Waals surface area (Å²) in [5, 5.41) is 5.32. The Bertz CT molecular complexity index is 569. The van der Waals surface area contributed by atoms with Gasteiger partial charge >= 0.3 is 0 Å². The minimum Gasteiger partial charge on any atom is -0.484 e. The van der Waals surface area contributed by atoms with Crippen LogP contribution in [0.1, 0.15) is 28.7 Å². The molecule has 19 heavy (non-hydrogen) atoms. The molecule has 0 fully saturated rings. The molecule has 0 aliphatic carbocycles. The van der Waals surface area contributed by atoms with Gasteiger partial charge in [0.15, 0.2) is 5.06 Å². The fraction of sp³-hybridized carbons (Fsp3) is 0.308. The van der Waals surface area contributed by atoms with Gasteiger partial charge in [-0.25, -0.2) is 0 Å². The van der Waals surface area contributed by atoms with Crippen molar-refractivity contribution in [2.45, 2.75) is 20.4 Å². The minimum absolute atomic E-state index is 0.158. The Kier molecular flexibility index (Phi) is 4.46. The summed E-state index contributed by atoms with van der Waals surface area (Å²) in [6, 6.07) is 1.76. The monoisotopic (exact) mass is 277 g/mol. The summed E-state index contributed by atoms with van der Waals surface area (Å²) < 4.78 is 5.40. The van der Waals surface area contributed by atoms with Gasteiger partial charge in [0, 0.05) is 12.4 Å². The highest BCUT2D eigenvalue weighted by molar-refractivity contribution is 7.12. The van der Waals surface area contributed by atoms with Gasteiger partial charge in [-0.05, 0) is 25.3 Å². The van der Waals surface area contributed by atoms with Crippen molar-refractivity contribution in [2.24, 2.45) is 0 Å². The predicted molar refractivity (Wildman–Crippen MR) is 73.4 cm³/mol. The lowest BCUT2D eigenvalue weighted by molar-refractivity contribution is 0.0947. The molecular formula is C13H15N3O2S. The SMILES string of the molecule is CCOc1sccc1C(=O)NCc1nccnc1C. The van der Waals surface area contributed by atoms with Crippen LogP contribution in [-0.2, 0) is 6.54 Å². The molecule has 1 N–H and O–H groups in total. The van der Waals surface area contributed by atoms with Gasteiger partial charge in [-0.15, -0.1) is 11.3 Å². The van der Waals surface area contributed by atoms with Gasteiger partial charge < -0.3 is 10.1 Å². The molecule has 0 saturated heterocycles. The highest BCUT2D eigenvalue weighted by Crippen LogP contribution is 2.25. The summed E-state index contributed by atoms with van der Waals surface area (Å²) in [7, 11) is 0. The summed E-state index contributed by atoms with van der Waals surface area (Å²) >= 11 is 1.42. The average molecular weight is 277 g/mol. The first kappa shape index (κ1) is 13.5. The van der Waals surface area contributed by atoms with E-state index < -0.39 is 0 Å². The van der Waals surface area contributed by atoms with Gasteiger partial charge in [-0.3, -0.25) is 14.8 Å². The topological polar surface area (TPSA) is 64.1 Å². The molecule has 0 unspecified atom stereocenters. The third kappa shape index (κ3) is 3.29. The fourth-order valence-electron chi connectivity index (χ4n) is 1.58. The molecule has 0 aliphatic rings. The summed E-state index contributed by atoms with van der Waals surface area (Å²) in [6.07, 6.45) is 3.25. The zero-order valence-corrected chi connectivity index (χ0v) is 11.7. The number of hydrogen-bond acceptors (Lipinski definition) is 5. The van der Waals surface area contributed by atoms with Crippen LogP contribution in [0.3, 0.4) is 0 Å². The maximum absolute atomic E-state index is 12.1. The van der Waals surface area contributed by atoms with Crippen molar-refractivity contribution in [1.82, 2.24) is 15.3 Å². The van der Waals surface area contributed by atoms with Gasteiger partial charge in [0.25, 0.3) is 5.91 Å². The summed E-state index contributed by atoms with van der Waals surface area (Å²) in [5.74, 6) is -0.158. The van der Waals surface area contributed by atoms with E-state index in [1.165, 1.54) is 11.3 Å². The molecule has 0 bridgehead atoms. The second kappa shape index (κ2) is 6.29. The first-order valence-corrected chi connectivity index (χ1v) is 6.85. The zero-order chi connectivity index (χ0) is 13.7. The summed E-state index contributed by atoms with van der Waals surface area (Å²) in [4.78, 5) is 20.4. The molecule has 2 aromatic heterocycles. The number of thiophene rings is 1. The van der Waals surface area contributed by atoms with Crippen LogP contribution in [0, 0.1) is 6.92 Å². The summed E-state index contributed by atoms with van der Waals surface area (Å²) in [5.41, 5.74) is 2.15. The second-order valence-corrected chi connectivity index (χ2v) is 4.70. The number of ether oxygens (including phenoxy) is 1. The first-order chi connectivity index (χ1) is 9.22. The molecule has 2 rings (SSSR count). The normalized spacial score (nSPS) is 10.2. The van der Waals surface area contributed by atoms with Gasteiger partial charge in [0.1, 0.15) is 0 Å². The van der Waals surface area contributed by atoms with E-state index in [-0.39, 0.29) is 5.91 Å². The van der Waals surface area contributed by atoms with E-state index in [1.54, 1.807) is 18.5 Å². The van der Waals surface area contributed by atoms with Crippen LogP contribution in [0.25, 0.3) is 0 Å². The number of amides is 1. The number of carbonyl (C=O) groups excluding carboxylic acids is 1. The standard InChI is InChI=1S/C13H15N3O2S/c1-3-18-13-10(4-7-19-13)12(17)16-8-11-9(2)14-5-6-15-11/h4-7H,3,8H2,1-2H3,(H,16,17). The second-order valence-electron chi connectivity index (χ2n) is 3.83. The minimum atomic E-state index is -0.158. The van der Waals surface area contributed by atoms with Crippen LogP contribution in [0.5, 0.6) is 5.06 Å². The quantitative estimate of drug-likeness (QED) is 0.909. The van der Waals surface area contributed by atoms with Gasteiger partial charge in [0.05, 0.1) is 30.1 Å². The van der Waals surface area contributed by atoms with Crippen molar-refractivity contribution < 1.29 is 9.53 Å². The third-order valence-corrected chi connectivity index (χ3v) is 3.37. The number of carbonyl (C=O) groups is 1. The van der Waals surface area contributed by atoms with Gasteiger partial charge in [-0.1, -0.05) is 0 Å². The van der Waals surface area contributed by atoms with Crippen LogP contribution in [-0.4, -0.2) is 22.5 Å². The number of hydrogen-bond donors (Lipinski definition) is 1. The molecule has 0 aliphatic heterocycles. The average Bonchev–Trinajstić information content (AvgIpc) is 2.86. The number of rotatable bonds is 5. The molecular weight excluding hydrogens is 262 g/mol. The van der Waals surface area contributed by atoms with Crippen molar-refractivity contribution >= 4 is 17.2 Å². The molecule has 6 heteroatoms. The smallest absolute Gasteiger partial charge is 0.256 e. The predicted octanol–water partition coefficient (Wildman–Crippen LogP) is 2.18. The van der Waals surface area contributed by atoms with Gasteiger partial charge in [0.2, 0.25) is 0 Å². The van der Waals surface area contributed by atoms with E-state index in [0.717, 1.165) is 11.4 Å². The molecule has 0 saturated carbocycles. The number of nitrogens with zero attached hydrogens (tertiary/aromatic N) is 2. The lowest BCUT2D eigenvalue weighted by Gasteiger charge is -2.07. The molecule has 2 aromatic rings. The van der Waals surface area contributed by atoms with Crippen molar-refractivity contribution in [1.29, 1.82) is 0 Å². The number of aryl methyl sites for hydroxylation is 1. The highest BCUT2D eigenvalue weighted by Gasteiger charge is 2.14. The van der Waals surface area contributed by atoms with Gasteiger partial charge in [-0.2, -0.15) is 0 Å². The molecule has 5 nitrogen and oxygen atoms in total. The molecule has 0 atom stereocenters. The maximum Gasteiger partial charge on any atom is 0.256 e. The largest absolute Gasteiger partial charge is 0.484 e. The van der Waals surface area contributed by atoms with E-state index in [2.05, 4.69) is 15.3 Å². The van der Waals surface area contributed by atoms with Crippen molar-refractivity contribution in [2.75, 3.05) is 6.61 Å². The molecule has 0 radical (unpaired) electrons. The van der Waals surface area contributed by atoms with Crippen LogP contribution in [0.4, 0.5) is 0 Å². The lowest BCUT2D eigenvalue weighted by atomic mass is 10.3. The molecule has 100 valence electrons. The Labute approximate surface area is 115 Å². The number of aromatic nitrogens is 2. The van der Waals surface area contributed by atoms with E-state index in [0.29, 0.717) is 23.8 Å². The molecule has 2 heterocycles. The van der Waals surface area contributed by atoms with Crippen molar-refractivity contribution in [3.05, 3.63) is 40.8 Å². The van der Waals surface area contributed by atoms with E-state index >= 15 is 0 Å². The van der Waals surface area contributed by atoms with Crippen molar-refractivity contribution in [3.8, 4) is 5.06 Å². The van der Waals surface area contributed by atoms with Crippen LogP contribution in [0.15, 0.2) is 23.8 Å². The van der Waals surface area contributed by atoms with E-state index in [9.17, 15) is 4.79 Å². The van der Waals surface area contributed by atoms with E-state index in [1.807, 2.05) is 19.2 Å². The Morgan fingerprint density at radius 3 is 2.95 bits per heavy atom. The summed E-state index contributed by atoms with van der Waals surface area (Å²) in [6.45, 7) is 4.67. The first-order valence-electron chi connectivity index (χ1n) is 5.97. The highest BCUT2D eigenvalue weighted by atomic mass is 32.1. The maximum atomic E-state index is 12.1. The van der Waals surface area contributed by atoms with Crippen LogP contribution in [0.2, 0.25) is 0 Å². The molecule has 1 amide bonds. The molecule has 0 aromatic carbocycles. The Morgan fingerprint density at radius 1 is 1.42 bits per heavy atom. The van der Waals surface area contributed by atoms with Crippen LogP contribution < -0.4 is 10.1 Å². The van der Waals surface area contributed by atoms with Crippen molar-refractivity contribution in [3.63, 3.8) is 0 Å². The molecule has 0 spiro atoms. The Morgan fingerprint density at radius 2 is 2.21 bits per heavy atom. The van der Waals surface area contributed by atoms with E-state index in [4.69, 9.17) is 4.74 Å². The van der Waals surface area contributed by atoms with Crippen LogP contribution >= 0.6 is 11.3 Å². The Hall–Kier alpha value is -1.95. The zero-order valence-electron chi connectivity index (χ0n) is 10.8. The Balaban J connectivity index is 2.02. The number of nitrogens with one attached hydrogen (secondary N) is 1. The fourth-order valence-corrected chi connectivity index (χ4v) is 2.38.